The summed E-state index contributed by atoms with van der Waals surface area (Å²) in [5, 5.41) is 0. The standard InChI is InChI=1S/C12H18F8O3/c1-3-4-10(5-21-2,6-22-11(17,18)8(13)14)7-23-12(19,20)9(15)16/h8-9H,3-7H2,1-2H3. The van der Waals surface area contributed by atoms with E-state index < -0.39 is 50.3 Å². The number of alkyl halides is 8. The molecule has 0 atom stereocenters. The fraction of sp³-hybridized carbons (Fsp3) is 1.00. The molecule has 0 aromatic carbocycles. The van der Waals surface area contributed by atoms with Crippen LogP contribution in [-0.4, -0.2) is 52.0 Å². The van der Waals surface area contributed by atoms with Crippen molar-refractivity contribution in [2.45, 2.75) is 44.8 Å². The molecule has 3 nitrogen and oxygen atoms in total. The minimum atomic E-state index is -4.81. The third-order valence-corrected chi connectivity index (χ3v) is 2.88. The van der Waals surface area contributed by atoms with E-state index in [2.05, 4.69) is 14.2 Å². The van der Waals surface area contributed by atoms with E-state index in [0.717, 1.165) is 7.11 Å². The third-order valence-electron chi connectivity index (χ3n) is 2.88. The maximum atomic E-state index is 12.8. The molecular formula is C12H18F8O3. The molecule has 0 aliphatic carbocycles. The molecule has 0 saturated carbocycles. The lowest BCUT2D eigenvalue weighted by atomic mass is 9.86. The Kier molecular flexibility index (Phi) is 8.71. The maximum Gasteiger partial charge on any atom is 0.416 e. The van der Waals surface area contributed by atoms with Crippen molar-refractivity contribution in [1.29, 1.82) is 0 Å². The van der Waals surface area contributed by atoms with Gasteiger partial charge in [-0.15, -0.1) is 0 Å². The van der Waals surface area contributed by atoms with Gasteiger partial charge in [0, 0.05) is 12.5 Å². The van der Waals surface area contributed by atoms with Crippen molar-refractivity contribution < 1.29 is 49.3 Å². The molecule has 0 N–H and O–H groups in total. The Balaban J connectivity index is 5.08. The molecule has 11 heteroatoms. The van der Waals surface area contributed by atoms with Crippen LogP contribution in [0, 0.1) is 5.41 Å². The zero-order chi connectivity index (χ0) is 18.3. The van der Waals surface area contributed by atoms with Crippen LogP contribution in [-0.2, 0) is 14.2 Å². The van der Waals surface area contributed by atoms with Crippen molar-refractivity contribution in [2.75, 3.05) is 26.9 Å². The lowest BCUT2D eigenvalue weighted by Gasteiger charge is -2.34. The minimum absolute atomic E-state index is 0.112. The van der Waals surface area contributed by atoms with Gasteiger partial charge in [-0.2, -0.15) is 17.6 Å². The molecule has 0 aliphatic heterocycles. The summed E-state index contributed by atoms with van der Waals surface area (Å²) in [6.07, 6.45) is -17.8. The summed E-state index contributed by atoms with van der Waals surface area (Å²) in [4.78, 5) is 0. The zero-order valence-electron chi connectivity index (χ0n) is 12.4. The van der Waals surface area contributed by atoms with E-state index in [4.69, 9.17) is 0 Å². The normalized spacial score (nSPS) is 14.1. The predicted molar refractivity (Wildman–Crippen MR) is 63.0 cm³/mol. The molecule has 0 fully saturated rings. The summed E-state index contributed by atoms with van der Waals surface area (Å²) < 4.78 is 112. The Morgan fingerprint density at radius 1 is 0.783 bits per heavy atom. The highest BCUT2D eigenvalue weighted by atomic mass is 19.3. The van der Waals surface area contributed by atoms with Crippen LogP contribution in [0.1, 0.15) is 19.8 Å². The van der Waals surface area contributed by atoms with Crippen LogP contribution in [0.5, 0.6) is 0 Å². The van der Waals surface area contributed by atoms with Gasteiger partial charge in [0.05, 0.1) is 19.8 Å². The monoisotopic (exact) mass is 362 g/mol. The van der Waals surface area contributed by atoms with E-state index in [1.54, 1.807) is 6.92 Å². The first-order chi connectivity index (χ1) is 10.4. The van der Waals surface area contributed by atoms with Gasteiger partial charge < -0.3 is 14.2 Å². The lowest BCUT2D eigenvalue weighted by molar-refractivity contribution is -0.332. The Morgan fingerprint density at radius 3 is 1.43 bits per heavy atom. The van der Waals surface area contributed by atoms with Crippen molar-refractivity contribution in [3.63, 3.8) is 0 Å². The smallest absolute Gasteiger partial charge is 0.384 e. The van der Waals surface area contributed by atoms with E-state index in [9.17, 15) is 35.1 Å². The largest absolute Gasteiger partial charge is 0.416 e. The Morgan fingerprint density at radius 2 is 1.17 bits per heavy atom. The zero-order valence-corrected chi connectivity index (χ0v) is 12.4. The van der Waals surface area contributed by atoms with E-state index >= 15 is 0 Å². The second-order valence-corrected chi connectivity index (χ2v) is 4.99. The van der Waals surface area contributed by atoms with Crippen LogP contribution in [0.15, 0.2) is 0 Å². The number of hydrogen-bond donors (Lipinski definition) is 0. The number of ether oxygens (including phenoxy) is 3. The molecule has 0 bridgehead atoms. The first kappa shape index (κ1) is 22.3. The topological polar surface area (TPSA) is 27.7 Å². The van der Waals surface area contributed by atoms with Gasteiger partial charge in [-0.05, 0) is 6.42 Å². The Bertz CT molecular complexity index is 306. The van der Waals surface area contributed by atoms with Crippen LogP contribution in [0.25, 0.3) is 0 Å². The highest BCUT2D eigenvalue weighted by Gasteiger charge is 2.48. The first-order valence-electron chi connectivity index (χ1n) is 6.51. The molecule has 0 rings (SSSR count). The van der Waals surface area contributed by atoms with Crippen LogP contribution in [0.2, 0.25) is 0 Å². The average Bonchev–Trinajstić information content (AvgIpc) is 2.43. The molecule has 140 valence electrons. The fourth-order valence-corrected chi connectivity index (χ4v) is 1.80. The molecule has 0 unspecified atom stereocenters. The van der Waals surface area contributed by atoms with Gasteiger partial charge in [-0.3, -0.25) is 0 Å². The van der Waals surface area contributed by atoms with Gasteiger partial charge >= 0.3 is 25.1 Å². The molecule has 0 aromatic rings. The van der Waals surface area contributed by atoms with Crippen LogP contribution >= 0.6 is 0 Å². The van der Waals surface area contributed by atoms with E-state index in [0.29, 0.717) is 0 Å². The summed E-state index contributed by atoms with van der Waals surface area (Å²) in [5.74, 6) is 0. The quantitative estimate of drug-likeness (QED) is 0.488. The lowest BCUT2D eigenvalue weighted by Crippen LogP contribution is -2.44. The van der Waals surface area contributed by atoms with Gasteiger partial charge in [-0.1, -0.05) is 13.3 Å². The van der Waals surface area contributed by atoms with Crippen LogP contribution < -0.4 is 0 Å². The second-order valence-electron chi connectivity index (χ2n) is 4.99. The van der Waals surface area contributed by atoms with Gasteiger partial charge in [0.1, 0.15) is 0 Å². The van der Waals surface area contributed by atoms with Gasteiger partial charge in [0.25, 0.3) is 0 Å². The minimum Gasteiger partial charge on any atom is -0.384 e. The molecule has 23 heavy (non-hydrogen) atoms. The summed E-state index contributed by atoms with van der Waals surface area (Å²) >= 11 is 0. The maximum absolute atomic E-state index is 12.8. The molecular weight excluding hydrogens is 344 g/mol. The summed E-state index contributed by atoms with van der Waals surface area (Å²) in [6, 6.07) is 0. The molecule has 0 spiro atoms. The number of hydrogen-bond acceptors (Lipinski definition) is 3. The van der Waals surface area contributed by atoms with Crippen molar-refractivity contribution >= 4 is 0 Å². The molecule has 0 heterocycles. The second kappa shape index (κ2) is 8.97. The van der Waals surface area contributed by atoms with E-state index in [-0.39, 0.29) is 12.8 Å². The highest BCUT2D eigenvalue weighted by molar-refractivity contribution is 4.80. The number of rotatable bonds is 12. The SMILES string of the molecule is CCCC(COC)(COC(F)(F)C(F)F)COC(F)(F)C(F)F. The van der Waals surface area contributed by atoms with Crippen molar-refractivity contribution in [3.05, 3.63) is 0 Å². The first-order valence-corrected chi connectivity index (χ1v) is 6.51. The average molecular weight is 362 g/mol. The molecule has 0 radical (unpaired) electrons. The van der Waals surface area contributed by atoms with E-state index in [1.807, 2.05) is 0 Å². The Labute approximate surface area is 127 Å². The van der Waals surface area contributed by atoms with Gasteiger partial charge in [0.2, 0.25) is 0 Å². The van der Waals surface area contributed by atoms with Crippen molar-refractivity contribution in [2.24, 2.45) is 5.41 Å². The van der Waals surface area contributed by atoms with Crippen molar-refractivity contribution in [3.8, 4) is 0 Å². The molecule has 0 aromatic heterocycles. The number of halogens is 8. The number of methoxy groups -OCH3 is 1. The summed E-state index contributed by atoms with van der Waals surface area (Å²) in [6.45, 7) is -1.21. The van der Waals surface area contributed by atoms with Crippen LogP contribution in [0.4, 0.5) is 35.1 Å². The summed E-state index contributed by atoms with van der Waals surface area (Å²) in [5.41, 5.74) is -1.71. The highest BCUT2D eigenvalue weighted by Crippen LogP contribution is 2.34. The summed E-state index contributed by atoms with van der Waals surface area (Å²) in [7, 11) is 1.10. The predicted octanol–water partition coefficient (Wildman–Crippen LogP) is 4.17. The Hall–Kier alpha value is -0.680. The fourth-order valence-electron chi connectivity index (χ4n) is 1.80. The van der Waals surface area contributed by atoms with Gasteiger partial charge in [0.15, 0.2) is 0 Å². The molecule has 0 aliphatic rings. The van der Waals surface area contributed by atoms with Gasteiger partial charge in [-0.25, -0.2) is 17.6 Å². The third kappa shape index (κ3) is 7.17. The molecule has 0 amide bonds. The van der Waals surface area contributed by atoms with Crippen molar-refractivity contribution in [1.82, 2.24) is 0 Å². The molecule has 0 saturated heterocycles. The van der Waals surface area contributed by atoms with E-state index in [1.165, 1.54) is 0 Å². The van der Waals surface area contributed by atoms with Crippen LogP contribution in [0.3, 0.4) is 0 Å².